The minimum atomic E-state index is -0.138. The van der Waals surface area contributed by atoms with Crippen LogP contribution in [0, 0.1) is 0 Å². The van der Waals surface area contributed by atoms with E-state index < -0.39 is 0 Å². The molecule has 0 bridgehead atoms. The second kappa shape index (κ2) is 4.28. The molecule has 4 nitrogen and oxygen atoms in total. The first kappa shape index (κ1) is 10.1. The fraction of sp³-hybridized carbons (Fsp3) is 0.500. The molecular weight excluding hydrogens is 190 g/mol. The van der Waals surface area contributed by atoms with Crippen LogP contribution < -0.4 is 5.32 Å². The van der Waals surface area contributed by atoms with E-state index in [1.54, 1.807) is 17.9 Å². The lowest BCUT2D eigenvalue weighted by Crippen LogP contribution is -2.28. The summed E-state index contributed by atoms with van der Waals surface area (Å²) < 4.78 is 1.58. The van der Waals surface area contributed by atoms with Gasteiger partial charge in [-0.25, -0.2) is 0 Å². The van der Waals surface area contributed by atoms with E-state index >= 15 is 0 Å². The van der Waals surface area contributed by atoms with Gasteiger partial charge in [-0.05, 0) is 6.92 Å². The van der Waals surface area contributed by atoms with Gasteiger partial charge in [0.05, 0.1) is 11.8 Å². The van der Waals surface area contributed by atoms with Crippen LogP contribution in [0.15, 0.2) is 12.4 Å². The standard InChI is InChI=1S/C8H12ClN3O/c1-6(9)3-10-8(13)7-4-11-12(2)5-7/h4-6H,3H2,1-2H3,(H,10,13). The van der Waals surface area contributed by atoms with Crippen LogP contribution >= 0.6 is 11.6 Å². The first-order chi connectivity index (χ1) is 6.09. The number of halogens is 1. The molecule has 72 valence electrons. The Morgan fingerprint density at radius 1 is 1.85 bits per heavy atom. The van der Waals surface area contributed by atoms with Crippen molar-refractivity contribution in [1.29, 1.82) is 0 Å². The lowest BCUT2D eigenvalue weighted by molar-refractivity contribution is 0.0954. The highest BCUT2D eigenvalue weighted by molar-refractivity contribution is 6.20. The van der Waals surface area contributed by atoms with Crippen molar-refractivity contribution in [1.82, 2.24) is 15.1 Å². The number of aromatic nitrogens is 2. The molecule has 1 atom stereocenters. The number of alkyl halides is 1. The second-order valence-electron chi connectivity index (χ2n) is 2.89. The molecule has 1 aromatic heterocycles. The Labute approximate surface area is 81.9 Å². The third kappa shape index (κ3) is 3.06. The van der Waals surface area contributed by atoms with Crippen molar-refractivity contribution < 1.29 is 4.79 Å². The highest BCUT2D eigenvalue weighted by atomic mass is 35.5. The van der Waals surface area contributed by atoms with Gasteiger partial charge in [0.15, 0.2) is 0 Å². The van der Waals surface area contributed by atoms with Crippen molar-refractivity contribution in [3.8, 4) is 0 Å². The van der Waals surface area contributed by atoms with Crippen LogP contribution in [-0.4, -0.2) is 27.6 Å². The van der Waals surface area contributed by atoms with E-state index in [0.717, 1.165) is 0 Å². The molecule has 5 heteroatoms. The molecule has 0 radical (unpaired) electrons. The summed E-state index contributed by atoms with van der Waals surface area (Å²) in [4.78, 5) is 11.3. The summed E-state index contributed by atoms with van der Waals surface area (Å²) in [5.41, 5.74) is 0.555. The van der Waals surface area contributed by atoms with E-state index in [1.807, 2.05) is 6.92 Å². The molecule has 1 aromatic rings. The maximum atomic E-state index is 11.3. The average molecular weight is 202 g/mol. The predicted octanol–water partition coefficient (Wildman–Crippen LogP) is 0.777. The van der Waals surface area contributed by atoms with Crippen LogP contribution in [-0.2, 0) is 7.05 Å². The lowest BCUT2D eigenvalue weighted by atomic mass is 10.3. The molecule has 1 heterocycles. The molecule has 1 unspecified atom stereocenters. The molecule has 0 aliphatic carbocycles. The number of hydrogen-bond acceptors (Lipinski definition) is 2. The van der Waals surface area contributed by atoms with E-state index in [2.05, 4.69) is 10.4 Å². The Kier molecular flexibility index (Phi) is 3.31. The third-order valence-electron chi connectivity index (χ3n) is 1.51. The molecule has 0 spiro atoms. The van der Waals surface area contributed by atoms with Gasteiger partial charge in [0, 0.05) is 25.2 Å². The normalized spacial score (nSPS) is 12.5. The zero-order chi connectivity index (χ0) is 9.84. The summed E-state index contributed by atoms with van der Waals surface area (Å²) >= 11 is 5.68. The van der Waals surface area contributed by atoms with Gasteiger partial charge in [0.2, 0.25) is 0 Å². The van der Waals surface area contributed by atoms with Gasteiger partial charge in [-0.3, -0.25) is 9.48 Å². The summed E-state index contributed by atoms with van der Waals surface area (Å²) in [5.74, 6) is -0.138. The number of aryl methyl sites for hydroxylation is 1. The van der Waals surface area contributed by atoms with Crippen molar-refractivity contribution in [2.24, 2.45) is 7.05 Å². The molecular formula is C8H12ClN3O. The Hall–Kier alpha value is -1.03. The SMILES string of the molecule is CC(Cl)CNC(=O)c1cnn(C)c1. The Bertz CT molecular complexity index is 295. The minimum absolute atomic E-state index is 0.0550. The summed E-state index contributed by atoms with van der Waals surface area (Å²) in [6.07, 6.45) is 3.18. The first-order valence-electron chi connectivity index (χ1n) is 4.00. The minimum Gasteiger partial charge on any atom is -0.350 e. The highest BCUT2D eigenvalue weighted by Crippen LogP contribution is 1.96. The summed E-state index contributed by atoms with van der Waals surface area (Å²) in [6.45, 7) is 2.29. The van der Waals surface area contributed by atoms with Gasteiger partial charge >= 0.3 is 0 Å². The first-order valence-corrected chi connectivity index (χ1v) is 4.44. The maximum Gasteiger partial charge on any atom is 0.254 e. The number of rotatable bonds is 3. The number of carbonyl (C=O) groups excluding carboxylic acids is 1. The quantitative estimate of drug-likeness (QED) is 0.735. The highest BCUT2D eigenvalue weighted by Gasteiger charge is 2.07. The molecule has 0 fully saturated rings. The second-order valence-corrected chi connectivity index (χ2v) is 3.64. The van der Waals surface area contributed by atoms with Crippen molar-refractivity contribution in [2.45, 2.75) is 12.3 Å². The fourth-order valence-corrected chi connectivity index (χ4v) is 0.951. The summed E-state index contributed by atoms with van der Waals surface area (Å²) in [6, 6.07) is 0. The van der Waals surface area contributed by atoms with Gasteiger partial charge in [-0.15, -0.1) is 11.6 Å². The fourth-order valence-electron chi connectivity index (χ4n) is 0.874. The van der Waals surface area contributed by atoms with Crippen LogP contribution in [0.1, 0.15) is 17.3 Å². The lowest BCUT2D eigenvalue weighted by Gasteiger charge is -2.03. The van der Waals surface area contributed by atoms with E-state index in [-0.39, 0.29) is 11.3 Å². The number of carbonyl (C=O) groups is 1. The molecule has 0 aliphatic heterocycles. The number of nitrogens with zero attached hydrogens (tertiary/aromatic N) is 2. The Morgan fingerprint density at radius 2 is 2.54 bits per heavy atom. The van der Waals surface area contributed by atoms with Crippen molar-refractivity contribution >= 4 is 17.5 Å². The smallest absolute Gasteiger partial charge is 0.254 e. The van der Waals surface area contributed by atoms with Gasteiger partial charge in [-0.2, -0.15) is 5.10 Å². The zero-order valence-corrected chi connectivity index (χ0v) is 8.38. The molecule has 0 saturated heterocycles. The third-order valence-corrected chi connectivity index (χ3v) is 1.67. The van der Waals surface area contributed by atoms with E-state index in [0.29, 0.717) is 12.1 Å². The van der Waals surface area contributed by atoms with Crippen molar-refractivity contribution in [2.75, 3.05) is 6.54 Å². The Balaban J connectivity index is 2.49. The van der Waals surface area contributed by atoms with Crippen LogP contribution in [0.3, 0.4) is 0 Å². The van der Waals surface area contributed by atoms with Gasteiger partial charge in [0.25, 0.3) is 5.91 Å². The van der Waals surface area contributed by atoms with Gasteiger partial charge in [0.1, 0.15) is 0 Å². The van der Waals surface area contributed by atoms with Crippen LogP contribution in [0.2, 0.25) is 0 Å². The number of amides is 1. The Morgan fingerprint density at radius 3 is 3.00 bits per heavy atom. The average Bonchev–Trinajstić information content (AvgIpc) is 2.47. The van der Waals surface area contributed by atoms with Crippen LogP contribution in [0.5, 0.6) is 0 Å². The van der Waals surface area contributed by atoms with Crippen molar-refractivity contribution in [3.05, 3.63) is 18.0 Å². The summed E-state index contributed by atoms with van der Waals surface area (Å²) in [7, 11) is 1.76. The summed E-state index contributed by atoms with van der Waals surface area (Å²) in [5, 5.41) is 6.52. The molecule has 1 rings (SSSR count). The molecule has 1 amide bonds. The molecule has 0 aliphatic rings. The van der Waals surface area contributed by atoms with Crippen molar-refractivity contribution in [3.63, 3.8) is 0 Å². The number of nitrogens with one attached hydrogen (secondary N) is 1. The molecule has 13 heavy (non-hydrogen) atoms. The van der Waals surface area contributed by atoms with Crippen LogP contribution in [0.25, 0.3) is 0 Å². The van der Waals surface area contributed by atoms with Gasteiger partial charge in [-0.1, -0.05) is 0 Å². The van der Waals surface area contributed by atoms with E-state index in [4.69, 9.17) is 11.6 Å². The maximum absolute atomic E-state index is 11.3. The molecule has 0 aromatic carbocycles. The molecule has 0 saturated carbocycles. The predicted molar refractivity (Wildman–Crippen MR) is 50.9 cm³/mol. The number of hydrogen-bond donors (Lipinski definition) is 1. The van der Waals surface area contributed by atoms with E-state index in [9.17, 15) is 4.79 Å². The topological polar surface area (TPSA) is 46.9 Å². The van der Waals surface area contributed by atoms with E-state index in [1.165, 1.54) is 6.20 Å². The zero-order valence-electron chi connectivity index (χ0n) is 7.62. The van der Waals surface area contributed by atoms with Gasteiger partial charge < -0.3 is 5.32 Å². The molecule has 1 N–H and O–H groups in total. The van der Waals surface area contributed by atoms with Crippen LogP contribution in [0.4, 0.5) is 0 Å². The largest absolute Gasteiger partial charge is 0.350 e. The monoisotopic (exact) mass is 201 g/mol.